The average molecular weight is 189 g/mol. The number of pyridine rings is 1. The summed E-state index contributed by atoms with van der Waals surface area (Å²) in [7, 11) is 0. The van der Waals surface area contributed by atoms with Crippen LogP contribution in [-0.2, 0) is 6.54 Å². The van der Waals surface area contributed by atoms with E-state index in [9.17, 15) is 0 Å². The minimum atomic E-state index is 0.672. The Bertz CT molecular complexity index is 337. The zero-order valence-corrected chi connectivity index (χ0v) is 8.24. The first-order valence-electron chi connectivity index (χ1n) is 5.36. The topological polar surface area (TPSA) is 28.2 Å². The van der Waals surface area contributed by atoms with Crippen molar-refractivity contribution in [3.63, 3.8) is 0 Å². The van der Waals surface area contributed by atoms with Gasteiger partial charge in [-0.3, -0.25) is 0 Å². The van der Waals surface area contributed by atoms with E-state index >= 15 is 0 Å². The molecule has 0 bridgehead atoms. The third kappa shape index (κ3) is 1.20. The largest absolute Gasteiger partial charge is 0.352 e. The van der Waals surface area contributed by atoms with Crippen LogP contribution in [0.25, 0.3) is 0 Å². The first-order chi connectivity index (χ1) is 6.95. The van der Waals surface area contributed by atoms with E-state index in [2.05, 4.69) is 21.3 Å². The summed E-state index contributed by atoms with van der Waals surface area (Å²) in [6.07, 6.45) is 4.52. The molecule has 3 heterocycles. The number of hydrogen-bond acceptors (Lipinski definition) is 3. The number of aromatic nitrogens is 1. The standard InChI is InChI=1S/C11H15N3/c1-3-9-7-12-8-10-4-2-6-14(10)11(9)13-5-1/h1,3,5,10,12H,2,4,6-8H2. The van der Waals surface area contributed by atoms with Crippen molar-refractivity contribution in [2.24, 2.45) is 0 Å². The maximum Gasteiger partial charge on any atom is 0.133 e. The number of nitrogens with one attached hydrogen (secondary N) is 1. The first-order valence-corrected chi connectivity index (χ1v) is 5.36. The van der Waals surface area contributed by atoms with Gasteiger partial charge in [0.05, 0.1) is 0 Å². The van der Waals surface area contributed by atoms with Crippen molar-refractivity contribution >= 4 is 5.82 Å². The van der Waals surface area contributed by atoms with Gasteiger partial charge in [0.1, 0.15) is 5.82 Å². The molecule has 0 aliphatic carbocycles. The first kappa shape index (κ1) is 8.24. The number of fused-ring (bicyclic) bond motifs is 3. The van der Waals surface area contributed by atoms with Crippen molar-refractivity contribution in [2.75, 3.05) is 18.0 Å². The Labute approximate surface area is 84.1 Å². The molecule has 3 heteroatoms. The predicted molar refractivity (Wildman–Crippen MR) is 56.3 cm³/mol. The molecule has 3 rings (SSSR count). The maximum atomic E-state index is 4.51. The highest BCUT2D eigenvalue weighted by Gasteiger charge is 2.28. The third-order valence-corrected chi connectivity index (χ3v) is 3.21. The fourth-order valence-electron chi connectivity index (χ4n) is 2.53. The van der Waals surface area contributed by atoms with Crippen molar-refractivity contribution in [2.45, 2.75) is 25.4 Å². The quantitative estimate of drug-likeness (QED) is 0.663. The molecule has 2 aliphatic rings. The molecule has 0 aromatic carbocycles. The summed E-state index contributed by atoms with van der Waals surface area (Å²) in [6, 6.07) is 4.87. The van der Waals surface area contributed by atoms with Gasteiger partial charge >= 0.3 is 0 Å². The normalized spacial score (nSPS) is 25.4. The van der Waals surface area contributed by atoms with E-state index in [0.717, 1.165) is 13.1 Å². The van der Waals surface area contributed by atoms with E-state index in [0.29, 0.717) is 6.04 Å². The summed E-state index contributed by atoms with van der Waals surface area (Å²) < 4.78 is 0. The highest BCUT2D eigenvalue weighted by molar-refractivity contribution is 5.49. The lowest BCUT2D eigenvalue weighted by Crippen LogP contribution is -2.35. The Morgan fingerprint density at radius 2 is 2.50 bits per heavy atom. The summed E-state index contributed by atoms with van der Waals surface area (Å²) >= 11 is 0. The highest BCUT2D eigenvalue weighted by Crippen LogP contribution is 2.28. The molecule has 1 N–H and O–H groups in total. The van der Waals surface area contributed by atoms with Crippen LogP contribution in [0.3, 0.4) is 0 Å². The second-order valence-electron chi connectivity index (χ2n) is 4.11. The monoisotopic (exact) mass is 189 g/mol. The van der Waals surface area contributed by atoms with Crippen molar-refractivity contribution in [3.05, 3.63) is 23.9 Å². The minimum absolute atomic E-state index is 0.672. The lowest BCUT2D eigenvalue weighted by atomic mass is 10.2. The second-order valence-corrected chi connectivity index (χ2v) is 4.11. The van der Waals surface area contributed by atoms with E-state index in [1.165, 1.54) is 30.8 Å². The summed E-state index contributed by atoms with van der Waals surface area (Å²) in [6.45, 7) is 3.25. The lowest BCUT2D eigenvalue weighted by Gasteiger charge is -2.23. The zero-order chi connectivity index (χ0) is 9.38. The number of anilines is 1. The predicted octanol–water partition coefficient (Wildman–Crippen LogP) is 1.15. The van der Waals surface area contributed by atoms with Crippen LogP contribution in [0.1, 0.15) is 18.4 Å². The summed E-state index contributed by atoms with van der Waals surface area (Å²) in [5.74, 6) is 1.21. The minimum Gasteiger partial charge on any atom is -0.352 e. The molecule has 1 unspecified atom stereocenters. The molecule has 1 atom stereocenters. The van der Waals surface area contributed by atoms with E-state index in [1.807, 2.05) is 12.3 Å². The number of nitrogens with zero attached hydrogens (tertiary/aromatic N) is 2. The van der Waals surface area contributed by atoms with E-state index in [1.54, 1.807) is 0 Å². The van der Waals surface area contributed by atoms with Gasteiger partial charge in [-0.05, 0) is 18.9 Å². The molecule has 0 amide bonds. The van der Waals surface area contributed by atoms with Crippen molar-refractivity contribution in [3.8, 4) is 0 Å². The van der Waals surface area contributed by atoms with Gasteiger partial charge < -0.3 is 10.2 Å². The third-order valence-electron chi connectivity index (χ3n) is 3.21. The van der Waals surface area contributed by atoms with Crippen LogP contribution < -0.4 is 10.2 Å². The molecule has 2 aliphatic heterocycles. The highest BCUT2D eigenvalue weighted by atomic mass is 15.3. The molecule has 1 saturated heterocycles. The van der Waals surface area contributed by atoms with Crippen LogP contribution in [0.2, 0.25) is 0 Å². The van der Waals surface area contributed by atoms with Crippen LogP contribution >= 0.6 is 0 Å². The molecule has 3 nitrogen and oxygen atoms in total. The van der Waals surface area contributed by atoms with Crippen molar-refractivity contribution in [1.29, 1.82) is 0 Å². The molecule has 14 heavy (non-hydrogen) atoms. The van der Waals surface area contributed by atoms with Crippen LogP contribution in [0.4, 0.5) is 5.82 Å². The fourth-order valence-corrected chi connectivity index (χ4v) is 2.53. The summed E-state index contributed by atoms with van der Waals surface area (Å²) in [5, 5.41) is 3.49. The van der Waals surface area contributed by atoms with Crippen molar-refractivity contribution < 1.29 is 0 Å². The molecule has 1 fully saturated rings. The van der Waals surface area contributed by atoms with Crippen molar-refractivity contribution in [1.82, 2.24) is 10.3 Å². The summed E-state index contributed by atoms with van der Waals surface area (Å²) in [5.41, 5.74) is 1.34. The Balaban J connectivity index is 2.04. The lowest BCUT2D eigenvalue weighted by molar-refractivity contribution is 0.592. The molecular weight excluding hydrogens is 174 g/mol. The van der Waals surface area contributed by atoms with Gasteiger partial charge in [0.15, 0.2) is 0 Å². The van der Waals surface area contributed by atoms with E-state index < -0.39 is 0 Å². The molecular formula is C11H15N3. The Morgan fingerprint density at radius 1 is 1.50 bits per heavy atom. The smallest absolute Gasteiger partial charge is 0.133 e. The van der Waals surface area contributed by atoms with Crippen LogP contribution in [-0.4, -0.2) is 24.1 Å². The second kappa shape index (κ2) is 3.24. The molecule has 74 valence electrons. The van der Waals surface area contributed by atoms with Gasteiger partial charge in [-0.2, -0.15) is 0 Å². The SMILES string of the molecule is c1cnc2c(c1)CNCC1CCCN21. The van der Waals surface area contributed by atoms with Crippen LogP contribution in [0.5, 0.6) is 0 Å². The Morgan fingerprint density at radius 3 is 3.50 bits per heavy atom. The van der Waals surface area contributed by atoms with Gasteiger partial charge in [0, 0.05) is 37.4 Å². The van der Waals surface area contributed by atoms with Gasteiger partial charge in [-0.15, -0.1) is 0 Å². The molecule has 0 saturated carbocycles. The Hall–Kier alpha value is -1.09. The van der Waals surface area contributed by atoms with Gasteiger partial charge in [0.2, 0.25) is 0 Å². The molecule has 0 radical (unpaired) electrons. The van der Waals surface area contributed by atoms with Gasteiger partial charge in [-0.1, -0.05) is 6.07 Å². The number of hydrogen-bond donors (Lipinski definition) is 1. The van der Waals surface area contributed by atoms with E-state index in [-0.39, 0.29) is 0 Å². The van der Waals surface area contributed by atoms with E-state index in [4.69, 9.17) is 0 Å². The van der Waals surface area contributed by atoms with Crippen LogP contribution in [0.15, 0.2) is 18.3 Å². The van der Waals surface area contributed by atoms with Crippen LogP contribution in [0, 0.1) is 0 Å². The molecule has 1 aromatic heterocycles. The molecule has 1 aromatic rings. The molecule has 0 spiro atoms. The number of rotatable bonds is 0. The average Bonchev–Trinajstić information content (AvgIpc) is 2.61. The summed E-state index contributed by atoms with van der Waals surface area (Å²) in [4.78, 5) is 6.98. The van der Waals surface area contributed by atoms with Gasteiger partial charge in [-0.25, -0.2) is 4.98 Å². The Kier molecular flexibility index (Phi) is 1.91. The zero-order valence-electron chi connectivity index (χ0n) is 8.24. The van der Waals surface area contributed by atoms with Gasteiger partial charge in [0.25, 0.3) is 0 Å². The fraction of sp³-hybridized carbons (Fsp3) is 0.545. The maximum absolute atomic E-state index is 4.51.